The van der Waals surface area contributed by atoms with Crippen LogP contribution in [0, 0.1) is 5.92 Å². The van der Waals surface area contributed by atoms with Crippen LogP contribution in [0.25, 0.3) is 0 Å². The van der Waals surface area contributed by atoms with Crippen LogP contribution in [-0.4, -0.2) is 53.9 Å². The summed E-state index contributed by atoms with van der Waals surface area (Å²) in [5, 5.41) is 8.24. The second kappa shape index (κ2) is 8.42. The molecule has 27 heavy (non-hydrogen) atoms. The molecule has 146 valence electrons. The van der Waals surface area contributed by atoms with E-state index in [9.17, 15) is 18.0 Å². The average Bonchev–Trinajstić information content (AvgIpc) is 3.34. The maximum absolute atomic E-state index is 12.7. The molecule has 0 aromatic carbocycles. The molecule has 3 heterocycles. The van der Waals surface area contributed by atoms with E-state index >= 15 is 0 Å². The molecule has 2 aromatic rings. The number of thiophene rings is 1. The third-order valence-corrected chi connectivity index (χ3v) is 7.92. The van der Waals surface area contributed by atoms with E-state index in [-0.39, 0.29) is 34.0 Å². The second-order valence-corrected chi connectivity index (χ2v) is 9.66. The topological polar surface area (TPSA) is 119 Å². The van der Waals surface area contributed by atoms with Gasteiger partial charge in [0, 0.05) is 24.6 Å². The first-order valence-corrected chi connectivity index (χ1v) is 11.4. The van der Waals surface area contributed by atoms with Crippen LogP contribution in [0.2, 0.25) is 0 Å². The zero-order valence-corrected chi connectivity index (χ0v) is 16.9. The summed E-state index contributed by atoms with van der Waals surface area (Å²) < 4.78 is 35.5. The van der Waals surface area contributed by atoms with E-state index in [0.29, 0.717) is 19.4 Å². The van der Waals surface area contributed by atoms with Crippen molar-refractivity contribution in [2.75, 3.05) is 25.0 Å². The maximum atomic E-state index is 12.7. The van der Waals surface area contributed by atoms with Gasteiger partial charge >= 0.3 is 5.97 Å². The highest BCUT2D eigenvalue weighted by Gasteiger charge is 2.34. The highest BCUT2D eigenvalue weighted by atomic mass is 32.2. The third-order valence-electron chi connectivity index (χ3n) is 4.04. The predicted octanol–water partition coefficient (Wildman–Crippen LogP) is 1.82. The number of rotatable bonds is 6. The number of carbonyl (C=O) groups excluding carboxylic acids is 2. The molecule has 2 aromatic heterocycles. The quantitative estimate of drug-likeness (QED) is 0.694. The first-order chi connectivity index (χ1) is 12.9. The molecule has 0 bridgehead atoms. The Balaban J connectivity index is 1.69. The van der Waals surface area contributed by atoms with Gasteiger partial charge in [0.25, 0.3) is 10.0 Å². The number of carbonyl (C=O) groups is 2. The van der Waals surface area contributed by atoms with Crippen molar-refractivity contribution in [3.63, 3.8) is 0 Å². The number of nitrogens with zero attached hydrogens (tertiary/aromatic N) is 3. The SMILES string of the molecule is CCOC(=O)c1nnsc1NC(=O)C1CCCN(S(=O)(=O)c2cccs2)C1. The number of esters is 1. The van der Waals surface area contributed by atoms with Crippen LogP contribution < -0.4 is 5.32 Å². The summed E-state index contributed by atoms with van der Waals surface area (Å²) in [6.07, 6.45) is 1.14. The van der Waals surface area contributed by atoms with E-state index in [0.717, 1.165) is 22.9 Å². The fourth-order valence-electron chi connectivity index (χ4n) is 2.73. The minimum atomic E-state index is -3.60. The number of hydrogen-bond donors (Lipinski definition) is 1. The molecule has 3 rings (SSSR count). The highest BCUT2D eigenvalue weighted by Crippen LogP contribution is 2.28. The molecule has 1 amide bonds. The van der Waals surface area contributed by atoms with Crippen LogP contribution in [0.4, 0.5) is 5.00 Å². The molecule has 1 aliphatic heterocycles. The summed E-state index contributed by atoms with van der Waals surface area (Å²) in [5.74, 6) is -1.55. The number of sulfonamides is 1. The maximum Gasteiger partial charge on any atom is 0.362 e. The van der Waals surface area contributed by atoms with Crippen LogP contribution in [0.3, 0.4) is 0 Å². The Hall–Kier alpha value is -1.89. The number of anilines is 1. The fraction of sp³-hybridized carbons (Fsp3) is 0.467. The molecule has 1 N–H and O–H groups in total. The molecular formula is C15H18N4O5S3. The monoisotopic (exact) mass is 430 g/mol. The van der Waals surface area contributed by atoms with Gasteiger partial charge in [0.15, 0.2) is 5.00 Å². The van der Waals surface area contributed by atoms with Crippen molar-refractivity contribution in [2.24, 2.45) is 5.92 Å². The summed E-state index contributed by atoms with van der Waals surface area (Å²) in [6.45, 7) is 2.32. The van der Waals surface area contributed by atoms with E-state index in [1.165, 1.54) is 4.31 Å². The lowest BCUT2D eigenvalue weighted by atomic mass is 9.99. The Bertz CT molecular complexity index is 910. The lowest BCUT2D eigenvalue weighted by Gasteiger charge is -2.30. The molecule has 12 heteroatoms. The van der Waals surface area contributed by atoms with Gasteiger partial charge in [-0.05, 0) is 31.2 Å². The Morgan fingerprint density at radius 2 is 2.26 bits per heavy atom. The summed E-state index contributed by atoms with van der Waals surface area (Å²) >= 11 is 2.03. The summed E-state index contributed by atoms with van der Waals surface area (Å²) in [4.78, 5) is 24.5. The van der Waals surface area contributed by atoms with Crippen molar-refractivity contribution >= 4 is 49.8 Å². The van der Waals surface area contributed by atoms with Crippen LogP contribution in [0.5, 0.6) is 0 Å². The van der Waals surface area contributed by atoms with Gasteiger partial charge < -0.3 is 10.1 Å². The minimum absolute atomic E-state index is 0.0472. The summed E-state index contributed by atoms with van der Waals surface area (Å²) in [6, 6.07) is 3.23. The lowest BCUT2D eigenvalue weighted by molar-refractivity contribution is -0.120. The number of nitrogens with one attached hydrogen (secondary N) is 1. The van der Waals surface area contributed by atoms with E-state index in [1.807, 2.05) is 0 Å². The molecule has 0 saturated carbocycles. The minimum Gasteiger partial charge on any atom is -0.461 e. The van der Waals surface area contributed by atoms with Crippen LogP contribution in [-0.2, 0) is 19.6 Å². The first-order valence-electron chi connectivity index (χ1n) is 8.27. The Morgan fingerprint density at radius 3 is 2.96 bits per heavy atom. The summed E-state index contributed by atoms with van der Waals surface area (Å²) in [5.41, 5.74) is -0.0472. The normalized spacial score (nSPS) is 18.2. The van der Waals surface area contributed by atoms with Crippen molar-refractivity contribution < 1.29 is 22.7 Å². The Labute approximate surface area is 164 Å². The third kappa shape index (κ3) is 4.34. The zero-order valence-electron chi connectivity index (χ0n) is 14.5. The Kier molecular flexibility index (Phi) is 6.19. The van der Waals surface area contributed by atoms with Gasteiger partial charge in [-0.15, -0.1) is 16.4 Å². The average molecular weight is 431 g/mol. The predicted molar refractivity (Wildman–Crippen MR) is 100 cm³/mol. The first kappa shape index (κ1) is 19.9. The second-order valence-electron chi connectivity index (χ2n) is 5.79. The molecule has 1 atom stereocenters. The number of ether oxygens (including phenoxy) is 1. The molecule has 1 fully saturated rings. The van der Waals surface area contributed by atoms with Crippen LogP contribution >= 0.6 is 22.9 Å². The number of amides is 1. The van der Waals surface area contributed by atoms with E-state index < -0.39 is 21.9 Å². The van der Waals surface area contributed by atoms with Gasteiger partial charge in [-0.1, -0.05) is 10.6 Å². The molecule has 1 saturated heterocycles. The standard InChI is InChI=1S/C15H18N4O5S3/c1-2-24-15(21)12-14(26-18-17-12)16-13(20)10-5-3-7-19(9-10)27(22,23)11-6-4-8-25-11/h4,6,8,10H,2-3,5,7,9H2,1H3,(H,16,20). The molecular weight excluding hydrogens is 412 g/mol. The molecule has 1 aliphatic rings. The van der Waals surface area contributed by atoms with Crippen LogP contribution in [0.15, 0.2) is 21.7 Å². The van der Waals surface area contributed by atoms with Gasteiger partial charge in [-0.3, -0.25) is 4.79 Å². The molecule has 0 aliphatic carbocycles. The molecule has 0 radical (unpaired) electrons. The molecule has 9 nitrogen and oxygen atoms in total. The highest BCUT2D eigenvalue weighted by molar-refractivity contribution is 7.91. The number of aromatic nitrogens is 2. The van der Waals surface area contributed by atoms with Gasteiger partial charge in [0.1, 0.15) is 4.21 Å². The molecule has 0 spiro atoms. The van der Waals surface area contributed by atoms with Crippen molar-refractivity contribution in [1.82, 2.24) is 13.9 Å². The van der Waals surface area contributed by atoms with Crippen molar-refractivity contribution in [3.05, 3.63) is 23.2 Å². The smallest absolute Gasteiger partial charge is 0.362 e. The van der Waals surface area contributed by atoms with Crippen LogP contribution in [0.1, 0.15) is 30.3 Å². The van der Waals surface area contributed by atoms with Gasteiger partial charge in [-0.2, -0.15) is 4.31 Å². The fourth-order valence-corrected chi connectivity index (χ4v) is 5.96. The van der Waals surface area contributed by atoms with Crippen molar-refractivity contribution in [3.8, 4) is 0 Å². The van der Waals surface area contributed by atoms with Gasteiger partial charge in [-0.25, -0.2) is 13.2 Å². The van der Waals surface area contributed by atoms with Gasteiger partial charge in [0.2, 0.25) is 11.6 Å². The van der Waals surface area contributed by atoms with E-state index in [4.69, 9.17) is 4.74 Å². The van der Waals surface area contributed by atoms with Crippen molar-refractivity contribution in [1.29, 1.82) is 0 Å². The van der Waals surface area contributed by atoms with Gasteiger partial charge in [0.05, 0.1) is 12.5 Å². The Morgan fingerprint density at radius 1 is 1.44 bits per heavy atom. The number of hydrogen-bond acceptors (Lipinski definition) is 9. The summed E-state index contributed by atoms with van der Waals surface area (Å²) in [7, 11) is -3.60. The van der Waals surface area contributed by atoms with E-state index in [1.54, 1.807) is 24.4 Å². The molecule has 1 unspecified atom stereocenters. The number of piperidine rings is 1. The lowest BCUT2D eigenvalue weighted by Crippen LogP contribution is -2.43. The largest absolute Gasteiger partial charge is 0.461 e. The van der Waals surface area contributed by atoms with Crippen molar-refractivity contribution in [2.45, 2.75) is 24.0 Å². The van der Waals surface area contributed by atoms with E-state index in [2.05, 4.69) is 14.9 Å². The zero-order chi connectivity index (χ0) is 19.4.